The number of nitrogens with two attached hydrogens (primary N) is 1. The van der Waals surface area contributed by atoms with Gasteiger partial charge in [0.1, 0.15) is 0 Å². The second kappa shape index (κ2) is 6.49. The number of fused-ring (bicyclic) bond motifs is 5. The molecule has 0 radical (unpaired) electrons. The van der Waals surface area contributed by atoms with Gasteiger partial charge in [0.05, 0.1) is 12.2 Å². The van der Waals surface area contributed by atoms with Crippen molar-refractivity contribution < 1.29 is 9.84 Å². The average molecular weight is 350 g/mol. The van der Waals surface area contributed by atoms with Crippen molar-refractivity contribution >= 4 is 0 Å². The van der Waals surface area contributed by atoms with Crippen molar-refractivity contribution in [3.63, 3.8) is 0 Å². The molecule has 1 unspecified atom stereocenters. The zero-order valence-electron chi connectivity index (χ0n) is 16.5. The summed E-state index contributed by atoms with van der Waals surface area (Å²) >= 11 is 0. The van der Waals surface area contributed by atoms with E-state index >= 15 is 0 Å². The molecule has 0 heterocycles. The van der Waals surface area contributed by atoms with Gasteiger partial charge in [0.2, 0.25) is 0 Å². The Bertz CT molecular complexity index is 494. The zero-order valence-corrected chi connectivity index (χ0v) is 16.5. The lowest BCUT2D eigenvalue weighted by molar-refractivity contribution is -0.124. The molecule has 3 nitrogen and oxygen atoms in total. The van der Waals surface area contributed by atoms with Crippen LogP contribution in [-0.2, 0) is 4.74 Å². The molecule has 0 aliphatic heterocycles. The van der Waals surface area contributed by atoms with E-state index < -0.39 is 5.60 Å². The third-order valence-corrected chi connectivity index (χ3v) is 9.23. The van der Waals surface area contributed by atoms with Gasteiger partial charge in [-0.3, -0.25) is 0 Å². The number of aliphatic hydroxyl groups is 1. The first-order chi connectivity index (χ1) is 11.9. The Morgan fingerprint density at radius 3 is 2.52 bits per heavy atom. The summed E-state index contributed by atoms with van der Waals surface area (Å²) in [5, 5.41) is 10.9. The molecular weight excluding hydrogens is 310 g/mol. The fraction of sp³-hybridized carbons (Fsp3) is 1.00. The van der Waals surface area contributed by atoms with Crippen molar-refractivity contribution in [1.82, 2.24) is 0 Å². The van der Waals surface area contributed by atoms with E-state index in [1.54, 1.807) is 7.11 Å². The van der Waals surface area contributed by atoms with Gasteiger partial charge in [0, 0.05) is 13.2 Å². The Kier molecular flexibility index (Phi) is 4.74. The fourth-order valence-electron chi connectivity index (χ4n) is 8.27. The Hall–Kier alpha value is -0.120. The average Bonchev–Trinajstić information content (AvgIpc) is 2.91. The first-order valence-electron chi connectivity index (χ1n) is 10.8. The highest BCUT2D eigenvalue weighted by Gasteiger charge is 2.58. The summed E-state index contributed by atoms with van der Waals surface area (Å²) in [7, 11) is 1.72. The molecule has 144 valence electrons. The molecule has 4 saturated carbocycles. The van der Waals surface area contributed by atoms with Crippen LogP contribution in [-0.4, -0.2) is 30.5 Å². The molecule has 0 aromatic heterocycles. The summed E-state index contributed by atoms with van der Waals surface area (Å²) in [6.07, 6.45) is 11.4. The lowest BCUT2D eigenvalue weighted by Crippen LogP contribution is -2.52. The molecule has 25 heavy (non-hydrogen) atoms. The van der Waals surface area contributed by atoms with Crippen LogP contribution in [0, 0.1) is 40.9 Å². The maximum Gasteiger partial charge on any atom is 0.0882 e. The number of ether oxygens (including phenoxy) is 1. The van der Waals surface area contributed by atoms with Crippen molar-refractivity contribution in [2.75, 3.05) is 13.7 Å². The van der Waals surface area contributed by atoms with Crippen molar-refractivity contribution in [2.24, 2.45) is 46.7 Å². The van der Waals surface area contributed by atoms with Gasteiger partial charge in [-0.1, -0.05) is 6.92 Å². The first kappa shape index (κ1) is 18.3. The largest absolute Gasteiger partial charge is 0.387 e. The summed E-state index contributed by atoms with van der Waals surface area (Å²) in [4.78, 5) is 0. The highest BCUT2D eigenvalue weighted by atomic mass is 16.5. The van der Waals surface area contributed by atoms with E-state index in [-0.39, 0.29) is 0 Å². The molecule has 3 N–H and O–H groups in total. The SMILES string of the molecule is COC[C@@]1(O)CC[C@H]2[C@H](CC[C@@H]3[C@@H]2CC[C@]2(C)[C@@H](C(C)N)CC[C@@H]32)C1. The maximum absolute atomic E-state index is 10.9. The van der Waals surface area contributed by atoms with E-state index in [1.165, 1.54) is 44.9 Å². The third-order valence-electron chi connectivity index (χ3n) is 9.23. The molecule has 0 spiro atoms. The van der Waals surface area contributed by atoms with Gasteiger partial charge >= 0.3 is 0 Å². The van der Waals surface area contributed by atoms with Crippen LogP contribution in [0.2, 0.25) is 0 Å². The third kappa shape index (κ3) is 2.89. The van der Waals surface area contributed by atoms with Crippen LogP contribution in [0.15, 0.2) is 0 Å². The maximum atomic E-state index is 10.9. The smallest absolute Gasteiger partial charge is 0.0882 e. The normalized spacial score (nSPS) is 53.6. The molecule has 3 heteroatoms. The topological polar surface area (TPSA) is 55.5 Å². The van der Waals surface area contributed by atoms with Gasteiger partial charge in [-0.25, -0.2) is 0 Å². The van der Waals surface area contributed by atoms with Gasteiger partial charge < -0.3 is 15.6 Å². The van der Waals surface area contributed by atoms with Crippen molar-refractivity contribution in [3.05, 3.63) is 0 Å². The van der Waals surface area contributed by atoms with Gasteiger partial charge in [0.25, 0.3) is 0 Å². The van der Waals surface area contributed by atoms with E-state index in [2.05, 4.69) is 13.8 Å². The van der Waals surface area contributed by atoms with Gasteiger partial charge in [-0.15, -0.1) is 0 Å². The van der Waals surface area contributed by atoms with Crippen LogP contribution in [0.25, 0.3) is 0 Å². The van der Waals surface area contributed by atoms with Gasteiger partial charge in [0.15, 0.2) is 0 Å². The molecule has 4 rings (SSSR count). The van der Waals surface area contributed by atoms with E-state index in [0.29, 0.717) is 18.1 Å². The standard InChI is InChI=1S/C22H39NO2/c1-14(23)19-6-7-20-18-5-4-15-12-22(24,13-25-3)11-9-16(15)17(18)8-10-21(19,20)2/h14-20,24H,4-13,23H2,1-3H3/t14?,15-,16+,17-,18-,19-,20+,21-,22-/m1/s1. The molecule has 9 atom stereocenters. The minimum absolute atomic E-state index is 0.349. The fourth-order valence-corrected chi connectivity index (χ4v) is 8.27. The number of methoxy groups -OCH3 is 1. The number of hydrogen-bond acceptors (Lipinski definition) is 3. The minimum Gasteiger partial charge on any atom is -0.387 e. The summed E-state index contributed by atoms with van der Waals surface area (Å²) in [5.74, 6) is 5.06. The lowest BCUT2D eigenvalue weighted by atomic mass is 9.48. The van der Waals surface area contributed by atoms with E-state index in [1.807, 2.05) is 0 Å². The molecule has 0 amide bonds. The predicted octanol–water partition coefficient (Wildman–Crippen LogP) is 3.98. The molecule has 0 bridgehead atoms. The minimum atomic E-state index is -0.556. The van der Waals surface area contributed by atoms with E-state index in [9.17, 15) is 5.11 Å². The Labute approximate surface area is 154 Å². The Balaban J connectivity index is 1.50. The van der Waals surface area contributed by atoms with Crippen molar-refractivity contribution in [2.45, 2.75) is 83.3 Å². The molecule has 4 aliphatic carbocycles. The van der Waals surface area contributed by atoms with Crippen LogP contribution < -0.4 is 5.73 Å². The van der Waals surface area contributed by atoms with Crippen LogP contribution in [0.1, 0.15) is 71.6 Å². The molecular formula is C22H39NO2. The summed E-state index contributed by atoms with van der Waals surface area (Å²) in [6.45, 7) is 5.32. The van der Waals surface area contributed by atoms with E-state index in [4.69, 9.17) is 10.5 Å². The molecule has 0 saturated heterocycles. The van der Waals surface area contributed by atoms with Gasteiger partial charge in [-0.2, -0.15) is 0 Å². The van der Waals surface area contributed by atoms with Crippen LogP contribution in [0.4, 0.5) is 0 Å². The van der Waals surface area contributed by atoms with Crippen LogP contribution >= 0.6 is 0 Å². The molecule has 0 aromatic carbocycles. The Morgan fingerprint density at radius 2 is 1.80 bits per heavy atom. The Morgan fingerprint density at radius 1 is 1.04 bits per heavy atom. The number of hydrogen-bond donors (Lipinski definition) is 2. The van der Waals surface area contributed by atoms with Crippen LogP contribution in [0.5, 0.6) is 0 Å². The second-order valence-electron chi connectivity index (χ2n) is 10.4. The highest BCUT2D eigenvalue weighted by Crippen LogP contribution is 2.64. The highest BCUT2D eigenvalue weighted by molar-refractivity contribution is 5.08. The quantitative estimate of drug-likeness (QED) is 0.810. The summed E-state index contributed by atoms with van der Waals surface area (Å²) < 4.78 is 5.31. The van der Waals surface area contributed by atoms with Crippen molar-refractivity contribution in [3.8, 4) is 0 Å². The predicted molar refractivity (Wildman–Crippen MR) is 101 cm³/mol. The second-order valence-corrected chi connectivity index (χ2v) is 10.4. The van der Waals surface area contributed by atoms with Crippen LogP contribution in [0.3, 0.4) is 0 Å². The monoisotopic (exact) mass is 349 g/mol. The zero-order chi connectivity index (χ0) is 17.8. The van der Waals surface area contributed by atoms with Gasteiger partial charge in [-0.05, 0) is 106 Å². The summed E-state index contributed by atoms with van der Waals surface area (Å²) in [5.41, 5.74) is 6.32. The molecule has 0 aromatic rings. The number of rotatable bonds is 3. The van der Waals surface area contributed by atoms with Crippen molar-refractivity contribution in [1.29, 1.82) is 0 Å². The lowest BCUT2D eigenvalue weighted by Gasteiger charge is -2.57. The first-order valence-corrected chi connectivity index (χ1v) is 10.8. The van der Waals surface area contributed by atoms with E-state index in [0.717, 1.165) is 48.3 Å². The molecule has 4 fully saturated rings. The summed E-state index contributed by atoms with van der Waals surface area (Å²) in [6, 6.07) is 0.349. The molecule has 4 aliphatic rings.